The third-order valence-corrected chi connectivity index (χ3v) is 5.00. The van der Waals surface area contributed by atoms with Gasteiger partial charge in [-0.1, -0.05) is 6.07 Å². The summed E-state index contributed by atoms with van der Waals surface area (Å²) in [5.74, 6) is -1.00. The van der Waals surface area contributed by atoms with Crippen LogP contribution in [0.5, 0.6) is 0 Å². The lowest BCUT2D eigenvalue weighted by atomic mass is 9.70. The molecular weight excluding hydrogens is 306 g/mol. The van der Waals surface area contributed by atoms with E-state index in [-0.39, 0.29) is 12.4 Å². The monoisotopic (exact) mass is 329 g/mol. The molecule has 0 aromatic carbocycles. The van der Waals surface area contributed by atoms with Crippen LogP contribution in [-0.4, -0.2) is 28.1 Å². The van der Waals surface area contributed by atoms with E-state index in [1.807, 2.05) is 19.1 Å². The maximum absolute atomic E-state index is 12.6. The van der Waals surface area contributed by atoms with Gasteiger partial charge in [-0.2, -0.15) is 0 Å². The number of ether oxygens (including phenoxy) is 1. The van der Waals surface area contributed by atoms with Crippen molar-refractivity contribution in [1.82, 2.24) is 4.40 Å². The van der Waals surface area contributed by atoms with Gasteiger partial charge in [0.1, 0.15) is 0 Å². The standard InChI is InChI=1S/C19H23NO4/c1-2-24-18(23)19(9-5-7-17(21)22)10-8-16-14(13-19)12-15-6-3-4-11-20(15)16/h3-4,6,11-12H,2,5,7-10,13H2,1H3,(H,21,22). The van der Waals surface area contributed by atoms with E-state index >= 15 is 0 Å². The van der Waals surface area contributed by atoms with E-state index in [1.165, 1.54) is 11.3 Å². The number of hydrogen-bond donors (Lipinski definition) is 1. The normalized spacial score (nSPS) is 19.9. The summed E-state index contributed by atoms with van der Waals surface area (Å²) in [4.78, 5) is 23.5. The Balaban J connectivity index is 1.89. The number of fused-ring (bicyclic) bond motifs is 3. The van der Waals surface area contributed by atoms with Crippen molar-refractivity contribution in [3.05, 3.63) is 41.7 Å². The lowest BCUT2D eigenvalue weighted by Gasteiger charge is -2.35. The van der Waals surface area contributed by atoms with Gasteiger partial charge in [-0.15, -0.1) is 0 Å². The van der Waals surface area contributed by atoms with E-state index in [0.717, 1.165) is 11.9 Å². The van der Waals surface area contributed by atoms with Crippen LogP contribution in [0.1, 0.15) is 43.9 Å². The molecule has 128 valence electrons. The zero-order valence-electron chi connectivity index (χ0n) is 14.0. The fraction of sp³-hybridized carbons (Fsp3) is 0.474. The Morgan fingerprint density at radius 1 is 1.38 bits per heavy atom. The zero-order chi connectivity index (χ0) is 17.2. The third kappa shape index (κ3) is 3.03. The molecule has 1 aliphatic carbocycles. The first-order valence-corrected chi connectivity index (χ1v) is 8.52. The van der Waals surface area contributed by atoms with Crippen molar-refractivity contribution in [2.45, 2.75) is 45.4 Å². The molecule has 0 bridgehead atoms. The van der Waals surface area contributed by atoms with Crippen LogP contribution in [0.25, 0.3) is 5.52 Å². The average molecular weight is 329 g/mol. The molecule has 3 rings (SSSR count). The first-order chi connectivity index (χ1) is 11.6. The minimum absolute atomic E-state index is 0.0890. The third-order valence-electron chi connectivity index (χ3n) is 5.00. The molecule has 0 radical (unpaired) electrons. The van der Waals surface area contributed by atoms with E-state index in [4.69, 9.17) is 9.84 Å². The second kappa shape index (κ2) is 6.67. The molecule has 24 heavy (non-hydrogen) atoms. The van der Waals surface area contributed by atoms with Crippen molar-refractivity contribution in [2.75, 3.05) is 6.61 Å². The van der Waals surface area contributed by atoms with Crippen LogP contribution < -0.4 is 0 Å². The molecule has 0 saturated heterocycles. The van der Waals surface area contributed by atoms with Gasteiger partial charge in [0.05, 0.1) is 12.0 Å². The molecule has 2 heterocycles. The van der Waals surface area contributed by atoms with Crippen LogP contribution >= 0.6 is 0 Å². The summed E-state index contributed by atoms with van der Waals surface area (Å²) < 4.78 is 7.52. The predicted octanol–water partition coefficient (Wildman–Crippen LogP) is 3.23. The summed E-state index contributed by atoms with van der Waals surface area (Å²) >= 11 is 0. The van der Waals surface area contributed by atoms with E-state index in [2.05, 4.69) is 22.7 Å². The van der Waals surface area contributed by atoms with Crippen LogP contribution in [0, 0.1) is 5.41 Å². The molecule has 1 unspecified atom stereocenters. The highest BCUT2D eigenvalue weighted by Gasteiger charge is 2.43. The minimum Gasteiger partial charge on any atom is -0.481 e. The minimum atomic E-state index is -0.819. The maximum Gasteiger partial charge on any atom is 0.312 e. The van der Waals surface area contributed by atoms with Gasteiger partial charge in [-0.3, -0.25) is 9.59 Å². The summed E-state index contributed by atoms with van der Waals surface area (Å²) in [6.07, 6.45) is 5.34. The maximum atomic E-state index is 12.6. The molecular formula is C19H23NO4. The predicted molar refractivity (Wildman–Crippen MR) is 90.0 cm³/mol. The molecule has 1 atom stereocenters. The molecule has 5 heteroatoms. The van der Waals surface area contributed by atoms with Gasteiger partial charge in [0.2, 0.25) is 0 Å². The number of carboxylic acid groups (broad SMARTS) is 1. The highest BCUT2D eigenvalue weighted by atomic mass is 16.5. The summed E-state index contributed by atoms with van der Waals surface area (Å²) in [6, 6.07) is 8.22. The first kappa shape index (κ1) is 16.6. The molecule has 2 aromatic heterocycles. The molecule has 0 amide bonds. The van der Waals surface area contributed by atoms with Crippen LogP contribution in [0.15, 0.2) is 30.5 Å². The average Bonchev–Trinajstić information content (AvgIpc) is 2.92. The Labute approximate surface area is 141 Å². The van der Waals surface area contributed by atoms with Crippen LogP contribution in [0.3, 0.4) is 0 Å². The molecule has 5 nitrogen and oxygen atoms in total. The molecule has 0 saturated carbocycles. The number of aliphatic carboxylic acids is 1. The Hall–Kier alpha value is -2.30. The second-order valence-corrected chi connectivity index (χ2v) is 6.54. The summed E-state index contributed by atoms with van der Waals surface area (Å²) in [5.41, 5.74) is 2.97. The zero-order valence-corrected chi connectivity index (χ0v) is 14.0. The first-order valence-electron chi connectivity index (χ1n) is 8.52. The number of carboxylic acids is 1. The number of aromatic nitrogens is 1. The Kier molecular flexibility index (Phi) is 4.60. The van der Waals surface area contributed by atoms with Crippen LogP contribution in [0.4, 0.5) is 0 Å². The van der Waals surface area contributed by atoms with Crippen molar-refractivity contribution in [3.63, 3.8) is 0 Å². The summed E-state index contributed by atoms with van der Waals surface area (Å²) in [7, 11) is 0. The quantitative estimate of drug-likeness (QED) is 0.826. The largest absolute Gasteiger partial charge is 0.481 e. The molecule has 0 spiro atoms. The number of esters is 1. The highest BCUT2D eigenvalue weighted by Crippen LogP contribution is 2.41. The Morgan fingerprint density at radius 3 is 2.96 bits per heavy atom. The number of aryl methyl sites for hydroxylation is 1. The van der Waals surface area contributed by atoms with E-state index in [9.17, 15) is 9.59 Å². The van der Waals surface area contributed by atoms with Crippen molar-refractivity contribution < 1.29 is 19.4 Å². The highest BCUT2D eigenvalue weighted by molar-refractivity contribution is 5.78. The van der Waals surface area contributed by atoms with Crippen molar-refractivity contribution in [2.24, 2.45) is 5.41 Å². The molecule has 0 aliphatic heterocycles. The van der Waals surface area contributed by atoms with Crippen molar-refractivity contribution >= 4 is 17.5 Å². The number of hydrogen-bond acceptors (Lipinski definition) is 3. The van der Waals surface area contributed by atoms with Gasteiger partial charge in [0.15, 0.2) is 0 Å². The van der Waals surface area contributed by atoms with Gasteiger partial charge in [0.25, 0.3) is 0 Å². The van der Waals surface area contributed by atoms with Crippen LogP contribution in [0.2, 0.25) is 0 Å². The topological polar surface area (TPSA) is 68.0 Å². The number of carbonyl (C=O) groups is 2. The number of pyridine rings is 1. The van der Waals surface area contributed by atoms with Crippen molar-refractivity contribution in [1.29, 1.82) is 0 Å². The second-order valence-electron chi connectivity index (χ2n) is 6.54. The van der Waals surface area contributed by atoms with Gasteiger partial charge in [-0.25, -0.2) is 0 Å². The fourth-order valence-corrected chi connectivity index (χ4v) is 3.83. The SMILES string of the molecule is CCOC(=O)C1(CCCC(=O)O)CCc2c(cc3ccccn23)C1. The molecule has 0 fully saturated rings. The van der Waals surface area contributed by atoms with Gasteiger partial charge in [0, 0.05) is 23.8 Å². The number of rotatable bonds is 6. The fourth-order valence-electron chi connectivity index (χ4n) is 3.83. The van der Waals surface area contributed by atoms with E-state index in [1.54, 1.807) is 0 Å². The molecule has 1 aliphatic rings. The van der Waals surface area contributed by atoms with Gasteiger partial charge in [-0.05, 0) is 62.8 Å². The van der Waals surface area contributed by atoms with E-state index in [0.29, 0.717) is 32.3 Å². The Morgan fingerprint density at radius 2 is 2.21 bits per heavy atom. The van der Waals surface area contributed by atoms with E-state index < -0.39 is 11.4 Å². The number of nitrogens with zero attached hydrogens (tertiary/aromatic N) is 1. The smallest absolute Gasteiger partial charge is 0.312 e. The Bertz CT molecular complexity index is 764. The van der Waals surface area contributed by atoms with Crippen LogP contribution in [-0.2, 0) is 27.2 Å². The lowest BCUT2D eigenvalue weighted by Crippen LogP contribution is -2.38. The van der Waals surface area contributed by atoms with Crippen molar-refractivity contribution in [3.8, 4) is 0 Å². The lowest BCUT2D eigenvalue weighted by molar-refractivity contribution is -0.157. The summed E-state index contributed by atoms with van der Waals surface area (Å²) in [6.45, 7) is 2.16. The van der Waals surface area contributed by atoms with Gasteiger partial charge < -0.3 is 14.2 Å². The van der Waals surface area contributed by atoms with Gasteiger partial charge >= 0.3 is 11.9 Å². The number of carbonyl (C=O) groups excluding carboxylic acids is 1. The summed E-state index contributed by atoms with van der Waals surface area (Å²) in [5, 5.41) is 8.90. The molecule has 2 aromatic rings. The molecule has 1 N–H and O–H groups in total.